The van der Waals surface area contributed by atoms with Crippen LogP contribution < -0.4 is 5.73 Å². The summed E-state index contributed by atoms with van der Waals surface area (Å²) in [6, 6.07) is 0. The Labute approximate surface area is 107 Å². The highest BCUT2D eigenvalue weighted by Gasteiger charge is 2.25. The normalized spacial score (nSPS) is 24.9. The second kappa shape index (κ2) is 4.33. The van der Waals surface area contributed by atoms with E-state index in [1.807, 2.05) is 13.1 Å². The quantitative estimate of drug-likeness (QED) is 0.706. The molecule has 0 spiro atoms. The Balaban J connectivity index is 2.23. The average molecular weight is 246 g/mol. The Kier molecular flexibility index (Phi) is 2.98. The predicted octanol–water partition coefficient (Wildman–Crippen LogP) is 1.17. The molecule has 5 heteroatoms. The monoisotopic (exact) mass is 246 g/mol. The molecule has 0 radical (unpaired) electrons. The molecule has 5 nitrogen and oxygen atoms in total. The zero-order valence-electron chi connectivity index (χ0n) is 11.2. The number of carbonyl (C=O) groups is 1. The van der Waals surface area contributed by atoms with Gasteiger partial charge in [0.25, 0.3) is 5.91 Å². The van der Waals surface area contributed by atoms with Crippen molar-refractivity contribution in [1.29, 1.82) is 0 Å². The molecule has 0 fully saturated rings. The first-order valence-corrected chi connectivity index (χ1v) is 5.85. The van der Waals surface area contributed by atoms with Gasteiger partial charge in [0, 0.05) is 31.9 Å². The van der Waals surface area contributed by atoms with Gasteiger partial charge in [0.1, 0.15) is 0 Å². The predicted molar refractivity (Wildman–Crippen MR) is 71.3 cm³/mol. The largest absolute Gasteiger partial charge is 0.382 e. The van der Waals surface area contributed by atoms with Gasteiger partial charge in [-0.05, 0) is 31.6 Å². The lowest BCUT2D eigenvalue weighted by atomic mass is 10.1. The summed E-state index contributed by atoms with van der Waals surface area (Å²) in [5.74, 6) is 0.118. The van der Waals surface area contributed by atoms with Crippen molar-refractivity contribution < 1.29 is 4.79 Å². The molecular formula is C13H18N4O. The van der Waals surface area contributed by atoms with Crippen LogP contribution in [0.4, 0.5) is 0 Å². The number of amidine groups is 1. The molecule has 0 saturated carbocycles. The van der Waals surface area contributed by atoms with Crippen molar-refractivity contribution >= 4 is 11.7 Å². The third kappa shape index (κ3) is 1.92. The summed E-state index contributed by atoms with van der Waals surface area (Å²) >= 11 is 0. The number of allylic oxidation sites excluding steroid dienone is 4. The van der Waals surface area contributed by atoms with Crippen molar-refractivity contribution in [3.8, 4) is 0 Å². The Hall–Kier alpha value is -2.04. The van der Waals surface area contributed by atoms with Crippen molar-refractivity contribution in [3.05, 3.63) is 34.7 Å². The van der Waals surface area contributed by atoms with Crippen LogP contribution in [-0.2, 0) is 4.79 Å². The topological polar surface area (TPSA) is 61.9 Å². The van der Waals surface area contributed by atoms with Crippen molar-refractivity contribution in [2.75, 3.05) is 14.1 Å². The molecule has 0 aromatic rings. The fourth-order valence-electron chi connectivity index (χ4n) is 2.07. The lowest BCUT2D eigenvalue weighted by Crippen LogP contribution is -2.19. The number of nitrogens with zero attached hydrogens (tertiary/aromatic N) is 3. The Morgan fingerprint density at radius 3 is 2.39 bits per heavy atom. The van der Waals surface area contributed by atoms with Crippen LogP contribution in [0.1, 0.15) is 20.3 Å². The van der Waals surface area contributed by atoms with Crippen molar-refractivity contribution in [1.82, 2.24) is 9.91 Å². The lowest BCUT2D eigenvalue weighted by Gasteiger charge is -2.15. The van der Waals surface area contributed by atoms with E-state index in [0.717, 1.165) is 12.1 Å². The van der Waals surface area contributed by atoms with Crippen LogP contribution in [0, 0.1) is 0 Å². The highest BCUT2D eigenvalue weighted by atomic mass is 16.2. The van der Waals surface area contributed by atoms with E-state index in [9.17, 15) is 4.79 Å². The molecule has 0 saturated heterocycles. The first-order valence-electron chi connectivity index (χ1n) is 5.85. The summed E-state index contributed by atoms with van der Waals surface area (Å²) in [6.07, 6.45) is 4.60. The molecule has 1 amide bonds. The molecule has 18 heavy (non-hydrogen) atoms. The molecule has 2 aliphatic rings. The molecule has 2 rings (SSSR count). The van der Waals surface area contributed by atoms with Crippen LogP contribution in [0.15, 0.2) is 39.8 Å². The van der Waals surface area contributed by atoms with Gasteiger partial charge in [0.15, 0.2) is 5.84 Å². The Morgan fingerprint density at radius 2 is 1.94 bits per heavy atom. The highest BCUT2D eigenvalue weighted by molar-refractivity contribution is 6.23. The van der Waals surface area contributed by atoms with Crippen LogP contribution >= 0.6 is 0 Å². The molecule has 2 N–H and O–H groups in total. The Bertz CT molecular complexity index is 525. The summed E-state index contributed by atoms with van der Waals surface area (Å²) < 4.78 is 0. The summed E-state index contributed by atoms with van der Waals surface area (Å²) in [4.78, 5) is 13.9. The number of nitrogens with two attached hydrogens (primary N) is 1. The van der Waals surface area contributed by atoms with Crippen LogP contribution in [0.25, 0.3) is 0 Å². The van der Waals surface area contributed by atoms with Gasteiger partial charge in [-0.1, -0.05) is 0 Å². The van der Waals surface area contributed by atoms with E-state index in [4.69, 9.17) is 5.73 Å². The van der Waals surface area contributed by atoms with Gasteiger partial charge in [-0.3, -0.25) is 4.79 Å². The minimum absolute atomic E-state index is 0.161. The van der Waals surface area contributed by atoms with Gasteiger partial charge in [0.05, 0.1) is 5.57 Å². The zero-order chi connectivity index (χ0) is 13.4. The number of hydrazone groups is 1. The van der Waals surface area contributed by atoms with Gasteiger partial charge < -0.3 is 10.6 Å². The molecule has 2 heterocycles. The molecule has 0 aliphatic carbocycles. The van der Waals surface area contributed by atoms with E-state index in [-0.39, 0.29) is 11.7 Å². The second-order valence-corrected chi connectivity index (χ2v) is 4.65. The standard InChI is InChI=1S/C13H18N4O/c1-8-7-10(16(3)9(8)2)5-6-11-12(14)15-17(4)13(11)18/h5-6H,7H2,1-4H3,(H2,14,15)/b10-5-,11-6+. The van der Waals surface area contributed by atoms with Gasteiger partial charge in [-0.15, -0.1) is 0 Å². The highest BCUT2D eigenvalue weighted by Crippen LogP contribution is 2.29. The maximum absolute atomic E-state index is 11.7. The Morgan fingerprint density at radius 1 is 1.28 bits per heavy atom. The summed E-state index contributed by atoms with van der Waals surface area (Å²) in [7, 11) is 3.62. The number of hydrogen-bond donors (Lipinski definition) is 1. The molecule has 0 unspecified atom stereocenters. The van der Waals surface area contributed by atoms with Crippen LogP contribution in [-0.4, -0.2) is 35.7 Å². The first-order chi connectivity index (χ1) is 8.41. The second-order valence-electron chi connectivity index (χ2n) is 4.65. The zero-order valence-corrected chi connectivity index (χ0v) is 11.2. The van der Waals surface area contributed by atoms with E-state index >= 15 is 0 Å². The van der Waals surface area contributed by atoms with Gasteiger partial charge in [-0.2, -0.15) is 5.10 Å². The smallest absolute Gasteiger partial charge is 0.277 e. The maximum atomic E-state index is 11.7. The van der Waals surface area contributed by atoms with Gasteiger partial charge in [0.2, 0.25) is 0 Å². The lowest BCUT2D eigenvalue weighted by molar-refractivity contribution is -0.124. The molecule has 0 aromatic carbocycles. The summed E-state index contributed by atoms with van der Waals surface area (Å²) in [6.45, 7) is 4.21. The van der Waals surface area contributed by atoms with E-state index < -0.39 is 0 Å². The van der Waals surface area contributed by atoms with E-state index in [2.05, 4.69) is 23.8 Å². The SMILES string of the molecule is CC1=C(C)N(C)/C(=C\C=C2\C(=O)N(C)N=C2N)C1. The minimum atomic E-state index is -0.161. The van der Waals surface area contributed by atoms with Crippen molar-refractivity contribution in [3.63, 3.8) is 0 Å². The maximum Gasteiger partial charge on any atom is 0.277 e. The summed E-state index contributed by atoms with van der Waals surface area (Å²) in [5, 5.41) is 5.16. The van der Waals surface area contributed by atoms with Crippen molar-refractivity contribution in [2.24, 2.45) is 10.8 Å². The summed E-state index contributed by atoms with van der Waals surface area (Å²) in [5.41, 5.74) is 9.92. The van der Waals surface area contributed by atoms with E-state index in [0.29, 0.717) is 5.57 Å². The number of hydrogen-bond acceptors (Lipinski definition) is 4. The minimum Gasteiger partial charge on any atom is -0.382 e. The third-order valence-corrected chi connectivity index (χ3v) is 3.50. The molecule has 96 valence electrons. The molecule has 0 bridgehead atoms. The number of likely N-dealkylation sites (N-methyl/N-ethyl adjacent to an activating group) is 1. The van der Waals surface area contributed by atoms with Gasteiger partial charge in [-0.25, -0.2) is 5.01 Å². The number of amides is 1. The number of rotatable bonds is 1. The molecular weight excluding hydrogens is 228 g/mol. The third-order valence-electron chi connectivity index (χ3n) is 3.50. The first kappa shape index (κ1) is 12.4. The van der Waals surface area contributed by atoms with Crippen LogP contribution in [0.5, 0.6) is 0 Å². The van der Waals surface area contributed by atoms with Gasteiger partial charge >= 0.3 is 0 Å². The van der Waals surface area contributed by atoms with E-state index in [1.54, 1.807) is 13.1 Å². The fourth-order valence-corrected chi connectivity index (χ4v) is 2.07. The van der Waals surface area contributed by atoms with Crippen LogP contribution in [0.3, 0.4) is 0 Å². The molecule has 2 aliphatic heterocycles. The average Bonchev–Trinajstić information content (AvgIpc) is 2.70. The molecule has 0 aromatic heterocycles. The van der Waals surface area contributed by atoms with E-state index in [1.165, 1.54) is 16.3 Å². The fraction of sp³-hybridized carbons (Fsp3) is 0.385. The number of carbonyl (C=O) groups excluding carboxylic acids is 1. The van der Waals surface area contributed by atoms with Crippen LogP contribution in [0.2, 0.25) is 0 Å². The van der Waals surface area contributed by atoms with Crippen molar-refractivity contribution in [2.45, 2.75) is 20.3 Å². The molecule has 0 atom stereocenters.